The van der Waals surface area contributed by atoms with Crippen LogP contribution in [0, 0.1) is 5.92 Å². The lowest BCUT2D eigenvalue weighted by Crippen LogP contribution is -2.44. The number of aromatic nitrogens is 2. The molecule has 4 heterocycles. The second kappa shape index (κ2) is 8.15. The van der Waals surface area contributed by atoms with Gasteiger partial charge in [0, 0.05) is 63.3 Å². The molecule has 2 atom stereocenters. The first kappa shape index (κ1) is 18.1. The third kappa shape index (κ3) is 4.17. The highest BCUT2D eigenvalue weighted by Crippen LogP contribution is 2.35. The number of likely N-dealkylation sites (tertiary alicyclic amines) is 2. The molecular formula is C21H26N4O2. The molecule has 2 aromatic heterocycles. The molecule has 2 saturated heterocycles. The predicted octanol–water partition coefficient (Wildman–Crippen LogP) is 2.24. The minimum absolute atomic E-state index is 0.0528. The molecular weight excluding hydrogens is 340 g/mol. The van der Waals surface area contributed by atoms with Gasteiger partial charge in [-0.25, -0.2) is 0 Å². The fraction of sp³-hybridized carbons (Fsp3) is 0.476. The van der Waals surface area contributed by atoms with Gasteiger partial charge in [0.05, 0.1) is 11.6 Å². The van der Waals surface area contributed by atoms with Crippen molar-refractivity contribution in [3.8, 4) is 0 Å². The molecule has 0 spiro atoms. The second-order valence-corrected chi connectivity index (χ2v) is 7.61. The van der Waals surface area contributed by atoms with Crippen molar-refractivity contribution in [2.75, 3.05) is 26.2 Å². The number of hydrogen-bond donors (Lipinski definition) is 1. The van der Waals surface area contributed by atoms with Crippen LogP contribution in [-0.2, 0) is 11.3 Å². The summed E-state index contributed by atoms with van der Waals surface area (Å²) in [7, 11) is 0. The number of carbonyl (C=O) groups is 1. The van der Waals surface area contributed by atoms with Crippen LogP contribution in [0.2, 0.25) is 0 Å². The van der Waals surface area contributed by atoms with Crippen LogP contribution < -0.4 is 0 Å². The number of carboxylic acids is 1. The van der Waals surface area contributed by atoms with E-state index < -0.39 is 5.97 Å². The van der Waals surface area contributed by atoms with Crippen molar-refractivity contribution in [2.45, 2.75) is 31.3 Å². The zero-order valence-electron chi connectivity index (χ0n) is 15.4. The summed E-state index contributed by atoms with van der Waals surface area (Å²) >= 11 is 0. The van der Waals surface area contributed by atoms with Gasteiger partial charge in [-0.1, -0.05) is 6.07 Å². The fourth-order valence-electron chi connectivity index (χ4n) is 4.49. The minimum Gasteiger partial charge on any atom is -0.481 e. The molecule has 2 aliphatic rings. The molecule has 0 aliphatic carbocycles. The van der Waals surface area contributed by atoms with Crippen LogP contribution >= 0.6 is 0 Å². The van der Waals surface area contributed by atoms with Gasteiger partial charge in [0.15, 0.2) is 0 Å². The fourth-order valence-corrected chi connectivity index (χ4v) is 4.49. The minimum atomic E-state index is -0.688. The first-order valence-electron chi connectivity index (χ1n) is 9.70. The topological polar surface area (TPSA) is 69.6 Å². The highest BCUT2D eigenvalue weighted by atomic mass is 16.4. The molecule has 4 rings (SSSR count). The van der Waals surface area contributed by atoms with Crippen molar-refractivity contribution in [3.63, 3.8) is 0 Å². The summed E-state index contributed by atoms with van der Waals surface area (Å²) in [5.74, 6) is -0.970. The van der Waals surface area contributed by atoms with Gasteiger partial charge in [0.25, 0.3) is 0 Å². The van der Waals surface area contributed by atoms with Crippen molar-refractivity contribution >= 4 is 5.97 Å². The van der Waals surface area contributed by atoms with Gasteiger partial charge in [-0.15, -0.1) is 0 Å². The van der Waals surface area contributed by atoms with E-state index >= 15 is 0 Å². The largest absolute Gasteiger partial charge is 0.481 e. The Balaban J connectivity index is 1.36. The number of carboxylic acid groups (broad SMARTS) is 1. The van der Waals surface area contributed by atoms with Crippen LogP contribution in [-0.4, -0.2) is 63.1 Å². The zero-order valence-corrected chi connectivity index (χ0v) is 15.4. The summed E-state index contributed by atoms with van der Waals surface area (Å²) in [5.41, 5.74) is 2.20. The van der Waals surface area contributed by atoms with Crippen LogP contribution in [0.15, 0.2) is 48.9 Å². The van der Waals surface area contributed by atoms with E-state index in [2.05, 4.69) is 25.8 Å². The molecule has 0 saturated carbocycles. The molecule has 1 N–H and O–H groups in total. The molecule has 2 aliphatic heterocycles. The van der Waals surface area contributed by atoms with Crippen LogP contribution in [0.25, 0.3) is 0 Å². The first-order valence-corrected chi connectivity index (χ1v) is 9.70. The van der Waals surface area contributed by atoms with E-state index in [1.807, 2.05) is 30.5 Å². The lowest BCUT2D eigenvalue weighted by Gasteiger charge is -2.36. The smallest absolute Gasteiger partial charge is 0.308 e. The quantitative estimate of drug-likeness (QED) is 0.875. The van der Waals surface area contributed by atoms with Gasteiger partial charge in [0.2, 0.25) is 0 Å². The molecule has 142 valence electrons. The SMILES string of the molecule is O=C(O)[C@@H]1CN(C2CCN(Cc3ccccn3)CC2)C[C@H]1c1ccncc1. The molecule has 6 heteroatoms. The Hall–Kier alpha value is -2.31. The number of aliphatic carboxylic acids is 1. The summed E-state index contributed by atoms with van der Waals surface area (Å²) in [6.45, 7) is 4.44. The normalized spacial score (nSPS) is 24.9. The van der Waals surface area contributed by atoms with Crippen molar-refractivity contribution < 1.29 is 9.90 Å². The molecule has 0 radical (unpaired) electrons. The van der Waals surface area contributed by atoms with Crippen molar-refractivity contribution in [1.82, 2.24) is 19.8 Å². The maximum Gasteiger partial charge on any atom is 0.308 e. The highest BCUT2D eigenvalue weighted by Gasteiger charge is 2.41. The summed E-state index contributed by atoms with van der Waals surface area (Å²) in [6, 6.07) is 10.4. The Morgan fingerprint density at radius 3 is 2.52 bits per heavy atom. The number of hydrogen-bond acceptors (Lipinski definition) is 5. The lowest BCUT2D eigenvalue weighted by molar-refractivity contribution is -0.141. The standard InChI is InChI=1S/C21H26N4O2/c26-21(27)20-15-25(14-19(20)16-4-9-22-10-5-16)18-6-11-24(12-7-18)13-17-3-1-2-8-23-17/h1-5,8-10,18-20H,6-7,11-15H2,(H,26,27)/t19-,20+/m0/s1. The second-order valence-electron chi connectivity index (χ2n) is 7.61. The van der Waals surface area contributed by atoms with Gasteiger partial charge in [-0.05, 0) is 42.7 Å². The first-order chi connectivity index (χ1) is 13.2. The number of rotatable bonds is 5. The van der Waals surface area contributed by atoms with Gasteiger partial charge in [-0.2, -0.15) is 0 Å². The van der Waals surface area contributed by atoms with E-state index in [0.717, 1.165) is 50.3 Å². The Morgan fingerprint density at radius 1 is 1.07 bits per heavy atom. The predicted molar refractivity (Wildman–Crippen MR) is 102 cm³/mol. The van der Waals surface area contributed by atoms with E-state index in [1.54, 1.807) is 12.4 Å². The monoisotopic (exact) mass is 366 g/mol. The van der Waals surface area contributed by atoms with Gasteiger partial charge < -0.3 is 5.11 Å². The average Bonchev–Trinajstić information content (AvgIpc) is 3.16. The van der Waals surface area contributed by atoms with E-state index in [9.17, 15) is 9.90 Å². The number of pyridine rings is 2. The molecule has 0 unspecified atom stereocenters. The molecule has 0 aromatic carbocycles. The van der Waals surface area contributed by atoms with Crippen LogP contribution in [0.1, 0.15) is 30.0 Å². The third-order valence-electron chi connectivity index (χ3n) is 5.98. The Morgan fingerprint density at radius 2 is 1.85 bits per heavy atom. The summed E-state index contributed by atoms with van der Waals surface area (Å²) in [6.07, 6.45) is 7.53. The lowest BCUT2D eigenvalue weighted by atomic mass is 9.90. The van der Waals surface area contributed by atoms with E-state index in [0.29, 0.717) is 12.6 Å². The van der Waals surface area contributed by atoms with Crippen LogP contribution in [0.4, 0.5) is 0 Å². The summed E-state index contributed by atoms with van der Waals surface area (Å²) in [5, 5.41) is 9.71. The number of nitrogens with zero attached hydrogens (tertiary/aromatic N) is 4. The maximum atomic E-state index is 11.8. The summed E-state index contributed by atoms with van der Waals surface area (Å²) in [4.78, 5) is 25.2. The van der Waals surface area contributed by atoms with E-state index in [1.165, 1.54) is 0 Å². The van der Waals surface area contributed by atoms with Gasteiger partial charge in [-0.3, -0.25) is 24.6 Å². The summed E-state index contributed by atoms with van der Waals surface area (Å²) < 4.78 is 0. The van der Waals surface area contributed by atoms with Gasteiger partial charge in [0.1, 0.15) is 0 Å². The van der Waals surface area contributed by atoms with E-state index in [4.69, 9.17) is 0 Å². The molecule has 0 bridgehead atoms. The van der Waals surface area contributed by atoms with Crippen molar-refractivity contribution in [2.24, 2.45) is 5.92 Å². The third-order valence-corrected chi connectivity index (χ3v) is 5.98. The zero-order chi connectivity index (χ0) is 18.6. The van der Waals surface area contributed by atoms with Crippen molar-refractivity contribution in [3.05, 3.63) is 60.2 Å². The molecule has 2 aromatic rings. The van der Waals surface area contributed by atoms with Crippen LogP contribution in [0.3, 0.4) is 0 Å². The Bertz CT molecular complexity index is 747. The average molecular weight is 366 g/mol. The molecule has 6 nitrogen and oxygen atoms in total. The molecule has 2 fully saturated rings. The van der Waals surface area contributed by atoms with Gasteiger partial charge >= 0.3 is 5.97 Å². The van der Waals surface area contributed by atoms with Crippen molar-refractivity contribution in [1.29, 1.82) is 0 Å². The van der Waals surface area contributed by atoms with E-state index in [-0.39, 0.29) is 11.8 Å². The maximum absolute atomic E-state index is 11.8. The Kier molecular flexibility index (Phi) is 5.45. The number of piperidine rings is 1. The van der Waals surface area contributed by atoms with Crippen LogP contribution in [0.5, 0.6) is 0 Å². The highest BCUT2D eigenvalue weighted by molar-refractivity contribution is 5.72. The molecule has 0 amide bonds. The Labute approximate surface area is 159 Å². The molecule has 27 heavy (non-hydrogen) atoms.